The van der Waals surface area contributed by atoms with E-state index in [1.54, 1.807) is 42.9 Å². The maximum Gasteiger partial charge on any atom is 0.269 e. The van der Waals surface area contributed by atoms with E-state index in [1.807, 2.05) is 31.5 Å². The van der Waals surface area contributed by atoms with Crippen LogP contribution in [0.15, 0.2) is 119 Å². The highest BCUT2D eigenvalue weighted by Crippen LogP contribution is 2.33. The summed E-state index contributed by atoms with van der Waals surface area (Å²) in [6.07, 6.45) is 11.8. The Balaban J connectivity index is 0.000000157. The van der Waals surface area contributed by atoms with Gasteiger partial charge in [0.1, 0.15) is 5.65 Å². The Morgan fingerprint density at radius 1 is 0.886 bits per heavy atom. The van der Waals surface area contributed by atoms with Crippen molar-refractivity contribution in [2.45, 2.75) is 25.2 Å². The Bertz CT molecular complexity index is 2210. The molecule has 0 aliphatic carbocycles. The summed E-state index contributed by atoms with van der Waals surface area (Å²) in [6.45, 7) is 4.11. The third-order valence-electron chi connectivity index (χ3n) is 7.32. The van der Waals surface area contributed by atoms with Crippen LogP contribution in [0.4, 0.5) is 0 Å². The van der Waals surface area contributed by atoms with Gasteiger partial charge in [0.05, 0.1) is 4.90 Å². The second-order valence-electron chi connectivity index (χ2n) is 10.2. The Morgan fingerprint density at radius 3 is 2.43 bits per heavy atom. The van der Waals surface area contributed by atoms with Crippen molar-refractivity contribution in [3.05, 3.63) is 129 Å². The number of hydrogen-bond acceptors (Lipinski definition) is 5. The first kappa shape index (κ1) is 30.2. The van der Waals surface area contributed by atoms with E-state index in [0.717, 1.165) is 47.6 Å². The number of aromatic nitrogens is 5. The molecule has 44 heavy (non-hydrogen) atoms. The van der Waals surface area contributed by atoms with Gasteiger partial charge in [-0.25, -0.2) is 22.4 Å². The van der Waals surface area contributed by atoms with Crippen molar-refractivity contribution in [3.8, 4) is 22.3 Å². The normalized spacial score (nSPS) is 11.5. The number of aromatic amines is 1. The maximum absolute atomic E-state index is 12.8. The molecule has 5 aromatic heterocycles. The van der Waals surface area contributed by atoms with Gasteiger partial charge in [-0.2, -0.15) is 0 Å². The van der Waals surface area contributed by atoms with Gasteiger partial charge in [0.15, 0.2) is 5.65 Å². The van der Waals surface area contributed by atoms with Crippen molar-refractivity contribution < 1.29 is 8.42 Å². The zero-order valence-corrected chi connectivity index (χ0v) is 28.4. The molecule has 5 heterocycles. The number of nitrogens with zero attached hydrogens (tertiary/aromatic N) is 4. The fraction of sp³-hybridized carbons (Fsp3) is 0.0882. The molecule has 0 aliphatic rings. The number of benzene rings is 2. The topological polar surface area (TPSA) is 93.5 Å². The van der Waals surface area contributed by atoms with Crippen LogP contribution in [-0.2, 0) is 16.4 Å². The lowest BCUT2D eigenvalue weighted by molar-refractivity contribution is 0.588. The fourth-order valence-corrected chi connectivity index (χ4v) is 7.55. The van der Waals surface area contributed by atoms with Crippen LogP contribution >= 0.6 is 38.5 Å². The number of aryl methyl sites for hydroxylation is 2. The molecule has 0 amide bonds. The SMILES string of the molecule is CCc1ccccc1-c1c[nH]c2ncc(-c3cccnc3)cc12.Cc1ccc(S(=O)(=O)n2cc(I)c3cc(Br)cnc32)cc1. The number of H-pyrrole nitrogens is 1. The van der Waals surface area contributed by atoms with Crippen LogP contribution in [0, 0.1) is 10.5 Å². The number of fused-ring (bicyclic) bond motifs is 2. The fourth-order valence-electron chi connectivity index (χ4n) is 5.03. The molecule has 7 rings (SSSR count). The molecule has 0 aliphatic heterocycles. The van der Waals surface area contributed by atoms with Gasteiger partial charge in [0.2, 0.25) is 0 Å². The van der Waals surface area contributed by atoms with Crippen LogP contribution in [0.2, 0.25) is 0 Å². The summed E-state index contributed by atoms with van der Waals surface area (Å²) < 4.78 is 28.4. The molecular weight excluding hydrogens is 749 g/mol. The molecule has 10 heteroatoms. The summed E-state index contributed by atoms with van der Waals surface area (Å²) in [5, 5.41) is 1.95. The molecule has 1 N–H and O–H groups in total. The third-order valence-corrected chi connectivity index (χ3v) is 10.3. The van der Waals surface area contributed by atoms with E-state index in [9.17, 15) is 8.42 Å². The van der Waals surface area contributed by atoms with Gasteiger partial charge < -0.3 is 4.98 Å². The molecule has 0 fully saturated rings. The number of nitrogens with one attached hydrogen (secondary N) is 1. The third kappa shape index (κ3) is 5.93. The average molecular weight is 776 g/mol. The lowest BCUT2D eigenvalue weighted by Crippen LogP contribution is -2.12. The van der Waals surface area contributed by atoms with E-state index in [-0.39, 0.29) is 4.90 Å². The quantitative estimate of drug-likeness (QED) is 0.177. The van der Waals surface area contributed by atoms with Gasteiger partial charge in [-0.3, -0.25) is 4.98 Å². The van der Waals surface area contributed by atoms with Gasteiger partial charge in [0, 0.05) is 72.7 Å². The Hall–Kier alpha value is -3.87. The summed E-state index contributed by atoms with van der Waals surface area (Å²) >= 11 is 5.47. The minimum Gasteiger partial charge on any atom is -0.346 e. The molecule has 220 valence electrons. The Kier molecular flexibility index (Phi) is 8.66. The summed E-state index contributed by atoms with van der Waals surface area (Å²) in [7, 11) is -3.64. The number of halogens is 2. The van der Waals surface area contributed by atoms with E-state index >= 15 is 0 Å². The van der Waals surface area contributed by atoms with Crippen LogP contribution in [0.3, 0.4) is 0 Å². The molecule has 7 nitrogen and oxygen atoms in total. The molecule has 0 saturated heterocycles. The van der Waals surface area contributed by atoms with Crippen molar-refractivity contribution in [2.24, 2.45) is 0 Å². The minimum absolute atomic E-state index is 0.256. The maximum atomic E-state index is 12.8. The minimum atomic E-state index is -3.64. The van der Waals surface area contributed by atoms with Gasteiger partial charge in [-0.15, -0.1) is 0 Å². The van der Waals surface area contributed by atoms with Gasteiger partial charge in [0.25, 0.3) is 10.0 Å². The summed E-state index contributed by atoms with van der Waals surface area (Å²) in [4.78, 5) is 16.6. The second kappa shape index (κ2) is 12.6. The lowest BCUT2D eigenvalue weighted by atomic mass is 9.97. The molecule has 7 aromatic rings. The number of hydrogen-bond donors (Lipinski definition) is 1. The average Bonchev–Trinajstić information content (AvgIpc) is 3.62. The highest BCUT2D eigenvalue weighted by atomic mass is 127. The second-order valence-corrected chi connectivity index (χ2v) is 14.1. The monoisotopic (exact) mass is 775 g/mol. The molecule has 0 saturated carbocycles. The smallest absolute Gasteiger partial charge is 0.269 e. The number of rotatable bonds is 5. The van der Waals surface area contributed by atoms with Crippen molar-refractivity contribution in [3.63, 3.8) is 0 Å². The van der Waals surface area contributed by atoms with Gasteiger partial charge in [-0.1, -0.05) is 55.0 Å². The van der Waals surface area contributed by atoms with Crippen molar-refractivity contribution in [2.75, 3.05) is 0 Å². The van der Waals surface area contributed by atoms with Crippen LogP contribution in [0.5, 0.6) is 0 Å². The molecule has 0 atom stereocenters. The first-order chi connectivity index (χ1) is 21.3. The largest absolute Gasteiger partial charge is 0.346 e. The standard InChI is InChI=1S/C20H17N3.C14H10BrIN2O2S/c1-2-14-6-3-4-8-17(14)19-13-23-20-18(19)10-16(12-22-20)15-7-5-9-21-11-15;1-9-2-4-11(5-3-9)21(19,20)18-8-13(16)12-6-10(15)7-17-14(12)18/h3-13H,2H2,1H3,(H,22,23);2-8H,1H3. The van der Waals surface area contributed by atoms with Crippen LogP contribution in [-0.4, -0.2) is 32.3 Å². The lowest BCUT2D eigenvalue weighted by Gasteiger charge is -2.07. The van der Waals surface area contributed by atoms with Crippen LogP contribution < -0.4 is 0 Å². The van der Waals surface area contributed by atoms with Crippen LogP contribution in [0.1, 0.15) is 18.1 Å². The van der Waals surface area contributed by atoms with Crippen molar-refractivity contribution in [1.29, 1.82) is 0 Å². The Morgan fingerprint density at radius 2 is 1.68 bits per heavy atom. The number of pyridine rings is 3. The first-order valence-corrected chi connectivity index (χ1v) is 17.2. The van der Waals surface area contributed by atoms with Gasteiger partial charge in [-0.05, 0) is 93.3 Å². The highest BCUT2D eigenvalue weighted by molar-refractivity contribution is 14.1. The zero-order valence-electron chi connectivity index (χ0n) is 23.9. The predicted octanol–water partition coefficient (Wildman–Crippen LogP) is 8.80. The highest BCUT2D eigenvalue weighted by Gasteiger charge is 2.21. The first-order valence-electron chi connectivity index (χ1n) is 13.9. The predicted molar refractivity (Wildman–Crippen MR) is 188 cm³/mol. The molecule has 2 aromatic carbocycles. The summed E-state index contributed by atoms with van der Waals surface area (Å²) in [5.41, 5.74) is 8.35. The summed E-state index contributed by atoms with van der Waals surface area (Å²) in [5.74, 6) is 0. The zero-order chi connectivity index (χ0) is 30.8. The van der Waals surface area contributed by atoms with Crippen molar-refractivity contribution >= 4 is 70.6 Å². The van der Waals surface area contributed by atoms with Gasteiger partial charge >= 0.3 is 0 Å². The molecule has 0 spiro atoms. The van der Waals surface area contributed by atoms with Crippen molar-refractivity contribution in [1.82, 2.24) is 23.9 Å². The molecular formula is C34H27BrIN5O2S. The van der Waals surface area contributed by atoms with E-state index in [4.69, 9.17) is 0 Å². The van der Waals surface area contributed by atoms with E-state index in [1.165, 1.54) is 20.7 Å². The van der Waals surface area contributed by atoms with E-state index in [2.05, 4.69) is 108 Å². The summed E-state index contributed by atoms with van der Waals surface area (Å²) in [6, 6.07) is 23.4. The molecule has 0 bridgehead atoms. The molecule has 0 radical (unpaired) electrons. The Labute approximate surface area is 277 Å². The van der Waals surface area contributed by atoms with E-state index < -0.39 is 10.0 Å². The molecule has 0 unspecified atom stereocenters. The van der Waals surface area contributed by atoms with E-state index in [0.29, 0.717) is 5.65 Å². The van der Waals surface area contributed by atoms with Crippen LogP contribution in [0.25, 0.3) is 44.3 Å².